The third kappa shape index (κ3) is 2.36. The maximum absolute atomic E-state index is 3.51. The third-order valence-electron chi connectivity index (χ3n) is 4.01. The standard InChI is InChI=1S/C19H21N/c1-3-4-10-17-14(2)20-19-12-11-16(13-18(17)19)15-8-6-5-7-9-15/h5-9,11-13,20H,3-4,10H2,1-2H3. The second-order valence-corrected chi connectivity index (χ2v) is 5.46. The fourth-order valence-electron chi connectivity index (χ4n) is 2.87. The molecule has 1 aromatic heterocycles. The Labute approximate surface area is 120 Å². The van der Waals surface area contributed by atoms with Crippen LogP contribution in [0.2, 0.25) is 0 Å². The number of nitrogens with one attached hydrogen (secondary N) is 1. The van der Waals surface area contributed by atoms with E-state index in [1.54, 1.807) is 0 Å². The quantitative estimate of drug-likeness (QED) is 0.641. The van der Waals surface area contributed by atoms with Gasteiger partial charge in [0.05, 0.1) is 0 Å². The lowest BCUT2D eigenvalue weighted by molar-refractivity contribution is 0.794. The van der Waals surface area contributed by atoms with Crippen LogP contribution in [-0.4, -0.2) is 4.98 Å². The molecule has 0 fully saturated rings. The molecule has 0 atom stereocenters. The summed E-state index contributed by atoms with van der Waals surface area (Å²) in [4.78, 5) is 3.51. The number of H-pyrrole nitrogens is 1. The molecular formula is C19H21N. The van der Waals surface area contributed by atoms with Gasteiger partial charge in [-0.15, -0.1) is 0 Å². The molecule has 20 heavy (non-hydrogen) atoms. The van der Waals surface area contributed by atoms with Gasteiger partial charge in [0.15, 0.2) is 0 Å². The Morgan fingerprint density at radius 3 is 2.50 bits per heavy atom. The lowest BCUT2D eigenvalue weighted by atomic mass is 10.00. The van der Waals surface area contributed by atoms with Crippen molar-refractivity contribution in [2.24, 2.45) is 0 Å². The van der Waals surface area contributed by atoms with Crippen molar-refractivity contribution in [3.8, 4) is 11.1 Å². The van der Waals surface area contributed by atoms with E-state index in [9.17, 15) is 0 Å². The van der Waals surface area contributed by atoms with Crippen molar-refractivity contribution in [1.29, 1.82) is 0 Å². The van der Waals surface area contributed by atoms with Crippen molar-refractivity contribution in [3.05, 3.63) is 59.8 Å². The highest BCUT2D eigenvalue weighted by atomic mass is 14.7. The molecule has 1 nitrogen and oxygen atoms in total. The van der Waals surface area contributed by atoms with Crippen LogP contribution < -0.4 is 0 Å². The van der Waals surface area contributed by atoms with Crippen LogP contribution in [0.25, 0.3) is 22.0 Å². The van der Waals surface area contributed by atoms with Crippen LogP contribution in [0.1, 0.15) is 31.0 Å². The molecule has 3 rings (SSSR count). The fourth-order valence-corrected chi connectivity index (χ4v) is 2.87. The first kappa shape index (κ1) is 13.0. The molecule has 0 saturated carbocycles. The zero-order valence-electron chi connectivity index (χ0n) is 12.2. The van der Waals surface area contributed by atoms with Crippen LogP contribution in [0.5, 0.6) is 0 Å². The van der Waals surface area contributed by atoms with Crippen molar-refractivity contribution in [2.45, 2.75) is 33.1 Å². The number of fused-ring (bicyclic) bond motifs is 1. The largest absolute Gasteiger partial charge is 0.358 e. The van der Waals surface area contributed by atoms with Gasteiger partial charge in [0.1, 0.15) is 0 Å². The van der Waals surface area contributed by atoms with Crippen LogP contribution in [0.3, 0.4) is 0 Å². The summed E-state index contributed by atoms with van der Waals surface area (Å²) in [7, 11) is 0. The molecule has 0 aliphatic rings. The molecule has 1 heterocycles. The van der Waals surface area contributed by atoms with Crippen molar-refractivity contribution in [2.75, 3.05) is 0 Å². The lowest BCUT2D eigenvalue weighted by Gasteiger charge is -2.04. The van der Waals surface area contributed by atoms with Crippen molar-refractivity contribution in [1.82, 2.24) is 4.98 Å². The van der Waals surface area contributed by atoms with E-state index in [2.05, 4.69) is 67.4 Å². The van der Waals surface area contributed by atoms with Crippen molar-refractivity contribution >= 4 is 10.9 Å². The van der Waals surface area contributed by atoms with Gasteiger partial charge in [-0.1, -0.05) is 49.7 Å². The van der Waals surface area contributed by atoms with Crippen molar-refractivity contribution < 1.29 is 0 Å². The van der Waals surface area contributed by atoms with Crippen LogP contribution in [-0.2, 0) is 6.42 Å². The molecule has 0 amide bonds. The number of benzene rings is 2. The zero-order valence-corrected chi connectivity index (χ0v) is 12.2. The predicted octanol–water partition coefficient (Wildman–Crippen LogP) is 5.49. The van der Waals surface area contributed by atoms with Gasteiger partial charge in [0.25, 0.3) is 0 Å². The average Bonchev–Trinajstić information content (AvgIpc) is 2.80. The van der Waals surface area contributed by atoms with Gasteiger partial charge in [-0.3, -0.25) is 0 Å². The third-order valence-corrected chi connectivity index (χ3v) is 4.01. The number of hydrogen-bond acceptors (Lipinski definition) is 0. The summed E-state index contributed by atoms with van der Waals surface area (Å²) in [5.41, 5.74) is 6.65. The van der Waals surface area contributed by atoms with Gasteiger partial charge < -0.3 is 4.98 Å². The highest BCUT2D eigenvalue weighted by Gasteiger charge is 2.09. The maximum Gasteiger partial charge on any atom is 0.0459 e. The number of aryl methyl sites for hydroxylation is 2. The Balaban J connectivity index is 2.09. The van der Waals surface area contributed by atoms with Crippen LogP contribution in [0, 0.1) is 6.92 Å². The van der Waals surface area contributed by atoms with Crippen LogP contribution in [0.15, 0.2) is 48.5 Å². The molecule has 1 N–H and O–H groups in total. The summed E-state index contributed by atoms with van der Waals surface area (Å²) in [6.07, 6.45) is 3.66. The molecule has 0 unspecified atom stereocenters. The van der Waals surface area contributed by atoms with E-state index < -0.39 is 0 Å². The molecule has 0 aliphatic heterocycles. The van der Waals surface area contributed by atoms with Gasteiger partial charge in [-0.05, 0) is 48.6 Å². The first-order chi connectivity index (χ1) is 9.79. The second kappa shape index (κ2) is 5.54. The number of aromatic nitrogens is 1. The van der Waals surface area contributed by atoms with Gasteiger partial charge >= 0.3 is 0 Å². The minimum absolute atomic E-state index is 1.17. The predicted molar refractivity (Wildman–Crippen MR) is 87.1 cm³/mol. The number of aromatic amines is 1. The van der Waals surface area contributed by atoms with E-state index in [-0.39, 0.29) is 0 Å². The first-order valence-corrected chi connectivity index (χ1v) is 7.46. The molecule has 1 heteroatoms. The maximum atomic E-state index is 3.51. The fraction of sp³-hybridized carbons (Fsp3) is 0.263. The molecule has 0 radical (unpaired) electrons. The van der Waals surface area contributed by atoms with E-state index in [4.69, 9.17) is 0 Å². The minimum atomic E-state index is 1.17. The van der Waals surface area contributed by atoms with E-state index in [1.165, 1.54) is 52.5 Å². The summed E-state index contributed by atoms with van der Waals surface area (Å²) in [5.74, 6) is 0. The molecule has 0 spiro atoms. The van der Waals surface area contributed by atoms with Crippen LogP contribution in [0.4, 0.5) is 0 Å². The molecule has 102 valence electrons. The van der Waals surface area contributed by atoms with E-state index in [0.717, 1.165) is 0 Å². The summed E-state index contributed by atoms with van der Waals surface area (Å²) in [6, 6.07) is 17.4. The van der Waals surface area contributed by atoms with Crippen LogP contribution >= 0.6 is 0 Å². The second-order valence-electron chi connectivity index (χ2n) is 5.46. The Morgan fingerprint density at radius 2 is 1.75 bits per heavy atom. The molecular weight excluding hydrogens is 242 g/mol. The van der Waals surface area contributed by atoms with Gasteiger partial charge in [-0.25, -0.2) is 0 Å². The van der Waals surface area contributed by atoms with E-state index >= 15 is 0 Å². The topological polar surface area (TPSA) is 15.8 Å². The molecule has 0 aliphatic carbocycles. The highest BCUT2D eigenvalue weighted by Crippen LogP contribution is 2.29. The average molecular weight is 263 g/mol. The lowest BCUT2D eigenvalue weighted by Crippen LogP contribution is -1.86. The summed E-state index contributed by atoms with van der Waals surface area (Å²) < 4.78 is 0. The number of hydrogen-bond donors (Lipinski definition) is 1. The molecule has 0 bridgehead atoms. The normalized spacial score (nSPS) is 11.1. The van der Waals surface area contributed by atoms with Crippen molar-refractivity contribution in [3.63, 3.8) is 0 Å². The van der Waals surface area contributed by atoms with E-state index in [1.807, 2.05) is 0 Å². The minimum Gasteiger partial charge on any atom is -0.358 e. The Kier molecular flexibility index (Phi) is 3.60. The first-order valence-electron chi connectivity index (χ1n) is 7.46. The summed E-state index contributed by atoms with van der Waals surface area (Å²) in [5, 5.41) is 1.39. The summed E-state index contributed by atoms with van der Waals surface area (Å²) >= 11 is 0. The SMILES string of the molecule is CCCCc1c(C)[nH]c2ccc(-c3ccccc3)cc12. The highest BCUT2D eigenvalue weighted by molar-refractivity contribution is 5.89. The Morgan fingerprint density at radius 1 is 0.950 bits per heavy atom. The van der Waals surface area contributed by atoms with Gasteiger partial charge in [0.2, 0.25) is 0 Å². The van der Waals surface area contributed by atoms with E-state index in [0.29, 0.717) is 0 Å². The number of rotatable bonds is 4. The Hall–Kier alpha value is -2.02. The monoisotopic (exact) mass is 263 g/mol. The Bertz CT molecular complexity index is 707. The van der Waals surface area contributed by atoms with Gasteiger partial charge in [0, 0.05) is 16.6 Å². The molecule has 3 aromatic rings. The molecule has 2 aromatic carbocycles. The summed E-state index contributed by atoms with van der Waals surface area (Å²) in [6.45, 7) is 4.44. The number of unbranched alkanes of at least 4 members (excludes halogenated alkanes) is 1. The molecule has 0 saturated heterocycles. The van der Waals surface area contributed by atoms with Gasteiger partial charge in [-0.2, -0.15) is 0 Å². The smallest absolute Gasteiger partial charge is 0.0459 e. The zero-order chi connectivity index (χ0) is 13.9.